The number of nitrogens with zero attached hydrogens (tertiary/aromatic N) is 2. The summed E-state index contributed by atoms with van der Waals surface area (Å²) < 4.78 is 4.64. The third kappa shape index (κ3) is 3.01. The van der Waals surface area contributed by atoms with Gasteiger partial charge < -0.3 is 9.13 Å². The van der Waals surface area contributed by atoms with Crippen LogP contribution in [0.3, 0.4) is 0 Å². The van der Waals surface area contributed by atoms with Gasteiger partial charge in [0.1, 0.15) is 0 Å². The Balaban J connectivity index is 1.38. The van der Waals surface area contributed by atoms with Gasteiger partial charge in [-0.25, -0.2) is 0 Å². The second-order valence-corrected chi connectivity index (χ2v) is 10.4. The van der Waals surface area contributed by atoms with Crippen LogP contribution in [-0.4, -0.2) is 9.13 Å². The van der Waals surface area contributed by atoms with Crippen LogP contribution >= 0.6 is 0 Å². The van der Waals surface area contributed by atoms with Crippen LogP contribution in [0, 0.1) is 0 Å². The molecule has 6 aromatic carbocycles. The molecule has 0 unspecified atom stereocenters. The molecular formula is C36H26N2. The summed E-state index contributed by atoms with van der Waals surface area (Å²) >= 11 is 0. The van der Waals surface area contributed by atoms with Gasteiger partial charge in [-0.15, -0.1) is 0 Å². The van der Waals surface area contributed by atoms with Gasteiger partial charge in [0.15, 0.2) is 0 Å². The van der Waals surface area contributed by atoms with Gasteiger partial charge in [-0.3, -0.25) is 0 Å². The van der Waals surface area contributed by atoms with Gasteiger partial charge in [0.05, 0.1) is 0 Å². The molecule has 180 valence electrons. The fourth-order valence-corrected chi connectivity index (χ4v) is 6.31. The molecule has 0 fully saturated rings. The Bertz CT molecular complexity index is 2020. The average molecular weight is 487 g/mol. The summed E-state index contributed by atoms with van der Waals surface area (Å²) in [5.41, 5.74) is 7.49. The summed E-state index contributed by atoms with van der Waals surface area (Å²) in [6, 6.07) is 44.5. The number of fused-ring (bicyclic) bond motifs is 7. The molecule has 2 heterocycles. The van der Waals surface area contributed by atoms with Crippen LogP contribution in [0.5, 0.6) is 0 Å². The highest BCUT2D eigenvalue weighted by molar-refractivity contribution is 6.20. The van der Waals surface area contributed by atoms with Gasteiger partial charge in [-0.05, 0) is 79.8 Å². The molecule has 0 spiro atoms. The quantitative estimate of drug-likeness (QED) is 0.215. The molecule has 0 saturated heterocycles. The van der Waals surface area contributed by atoms with Crippen molar-refractivity contribution in [2.24, 2.45) is 14.1 Å². The maximum Gasteiger partial charge on any atom is 0.0489 e. The molecule has 2 heteroatoms. The van der Waals surface area contributed by atoms with Crippen molar-refractivity contribution in [3.8, 4) is 22.5 Å². The van der Waals surface area contributed by atoms with E-state index in [1.54, 1.807) is 0 Å². The maximum atomic E-state index is 2.37. The molecule has 0 radical (unpaired) electrons. The van der Waals surface area contributed by atoms with Crippen LogP contribution in [0.25, 0.3) is 76.6 Å². The Morgan fingerprint density at radius 3 is 1.21 bits per heavy atom. The minimum absolute atomic E-state index is 1.24. The molecule has 0 saturated carbocycles. The minimum atomic E-state index is 1.24. The predicted octanol–water partition coefficient (Wildman–Crippen LogP) is 9.46. The SMILES string of the molecule is Cn1c(-c2ccccc2)cc2cc3ccc4c5cc6c(cc(-c7ccccc7)n6C)cc5ccc4c3cc21. The van der Waals surface area contributed by atoms with Crippen LogP contribution in [0.15, 0.2) is 121 Å². The fourth-order valence-electron chi connectivity index (χ4n) is 6.31. The summed E-state index contributed by atoms with van der Waals surface area (Å²) in [6.45, 7) is 0. The van der Waals surface area contributed by atoms with Crippen molar-refractivity contribution in [3.63, 3.8) is 0 Å². The molecule has 38 heavy (non-hydrogen) atoms. The van der Waals surface area contributed by atoms with E-state index in [0.717, 1.165) is 0 Å². The molecule has 2 nitrogen and oxygen atoms in total. The van der Waals surface area contributed by atoms with E-state index in [0.29, 0.717) is 0 Å². The van der Waals surface area contributed by atoms with E-state index >= 15 is 0 Å². The highest BCUT2D eigenvalue weighted by atomic mass is 14.9. The fraction of sp³-hybridized carbons (Fsp3) is 0.0556. The van der Waals surface area contributed by atoms with Gasteiger partial charge in [0.2, 0.25) is 0 Å². The van der Waals surface area contributed by atoms with Gasteiger partial charge in [0.25, 0.3) is 0 Å². The Labute approximate surface area is 221 Å². The number of benzene rings is 6. The Morgan fingerprint density at radius 1 is 0.368 bits per heavy atom. The molecule has 0 aliphatic rings. The van der Waals surface area contributed by atoms with Gasteiger partial charge in [-0.1, -0.05) is 84.9 Å². The molecule has 0 amide bonds. The summed E-state index contributed by atoms with van der Waals surface area (Å²) in [4.78, 5) is 0. The molecule has 0 atom stereocenters. The summed E-state index contributed by atoms with van der Waals surface area (Å²) in [6.07, 6.45) is 0. The Hall–Kier alpha value is -4.82. The van der Waals surface area contributed by atoms with E-state index in [-0.39, 0.29) is 0 Å². The van der Waals surface area contributed by atoms with Crippen LogP contribution in [0.1, 0.15) is 0 Å². The highest BCUT2D eigenvalue weighted by Crippen LogP contribution is 2.38. The Kier molecular flexibility index (Phi) is 4.39. The first-order chi connectivity index (χ1) is 18.7. The van der Waals surface area contributed by atoms with E-state index in [1.807, 2.05) is 0 Å². The van der Waals surface area contributed by atoms with E-state index in [2.05, 4.69) is 145 Å². The Morgan fingerprint density at radius 2 is 0.789 bits per heavy atom. The van der Waals surface area contributed by atoms with Crippen LogP contribution < -0.4 is 0 Å². The second kappa shape index (κ2) is 7.84. The molecule has 0 bridgehead atoms. The van der Waals surface area contributed by atoms with E-state index in [9.17, 15) is 0 Å². The van der Waals surface area contributed by atoms with E-state index in [1.165, 1.54) is 76.6 Å². The lowest BCUT2D eigenvalue weighted by Crippen LogP contribution is -1.91. The van der Waals surface area contributed by atoms with Crippen molar-refractivity contribution in [2.45, 2.75) is 0 Å². The standard InChI is InChI=1S/C36H26N2/c1-37-33(23-9-5-3-6-10-23)19-27-17-25-13-16-30-29(31(25)21-35(27)37)15-14-26-18-28-20-34(24-11-7-4-8-12-24)38(2)36(28)22-32(26)30/h3-22H,1-2H3. The van der Waals surface area contributed by atoms with Crippen LogP contribution in [-0.2, 0) is 14.1 Å². The second-order valence-electron chi connectivity index (χ2n) is 10.4. The van der Waals surface area contributed by atoms with Crippen molar-refractivity contribution < 1.29 is 0 Å². The zero-order valence-electron chi connectivity index (χ0n) is 21.4. The lowest BCUT2D eigenvalue weighted by Gasteiger charge is -2.10. The van der Waals surface area contributed by atoms with Crippen LogP contribution in [0.2, 0.25) is 0 Å². The zero-order valence-corrected chi connectivity index (χ0v) is 21.4. The highest BCUT2D eigenvalue weighted by Gasteiger charge is 2.13. The van der Waals surface area contributed by atoms with Crippen LogP contribution in [0.4, 0.5) is 0 Å². The number of hydrogen-bond donors (Lipinski definition) is 0. The molecule has 8 rings (SSSR count). The number of aryl methyl sites for hydroxylation is 2. The monoisotopic (exact) mass is 486 g/mol. The molecule has 0 aliphatic carbocycles. The third-order valence-electron chi connectivity index (χ3n) is 8.30. The number of aromatic nitrogens is 2. The molecule has 0 N–H and O–H groups in total. The first-order valence-corrected chi connectivity index (χ1v) is 13.1. The molecule has 0 aliphatic heterocycles. The normalized spacial score (nSPS) is 11.9. The average Bonchev–Trinajstić information content (AvgIpc) is 3.47. The van der Waals surface area contributed by atoms with Crippen molar-refractivity contribution in [2.75, 3.05) is 0 Å². The third-order valence-corrected chi connectivity index (χ3v) is 8.30. The van der Waals surface area contributed by atoms with E-state index in [4.69, 9.17) is 0 Å². The maximum absolute atomic E-state index is 2.37. The zero-order chi connectivity index (χ0) is 25.4. The van der Waals surface area contributed by atoms with Gasteiger partial charge >= 0.3 is 0 Å². The summed E-state index contributed by atoms with van der Waals surface area (Å²) in [5.74, 6) is 0. The van der Waals surface area contributed by atoms with E-state index < -0.39 is 0 Å². The molecule has 2 aromatic heterocycles. The van der Waals surface area contributed by atoms with Crippen molar-refractivity contribution in [1.82, 2.24) is 9.13 Å². The summed E-state index contributed by atoms with van der Waals surface area (Å²) in [5, 5.41) is 10.3. The van der Waals surface area contributed by atoms with Crippen molar-refractivity contribution >= 4 is 54.1 Å². The van der Waals surface area contributed by atoms with Gasteiger partial charge in [0, 0.05) is 47.3 Å². The first kappa shape index (κ1) is 21.3. The first-order valence-electron chi connectivity index (χ1n) is 13.1. The smallest absolute Gasteiger partial charge is 0.0489 e. The summed E-state index contributed by atoms with van der Waals surface area (Å²) in [7, 11) is 4.35. The number of hydrogen-bond acceptors (Lipinski definition) is 0. The minimum Gasteiger partial charge on any atom is -0.344 e. The largest absolute Gasteiger partial charge is 0.344 e. The topological polar surface area (TPSA) is 9.86 Å². The van der Waals surface area contributed by atoms with Gasteiger partial charge in [-0.2, -0.15) is 0 Å². The molecular weight excluding hydrogens is 460 g/mol. The lowest BCUT2D eigenvalue weighted by molar-refractivity contribution is 0.979. The number of rotatable bonds is 2. The molecule has 8 aromatic rings. The van der Waals surface area contributed by atoms with Crippen molar-refractivity contribution in [3.05, 3.63) is 121 Å². The van der Waals surface area contributed by atoms with Crippen molar-refractivity contribution in [1.29, 1.82) is 0 Å². The lowest BCUT2D eigenvalue weighted by atomic mass is 9.95. The predicted molar refractivity (Wildman–Crippen MR) is 163 cm³/mol.